The molecule has 8 heteroatoms. The Hall–Kier alpha value is -2.35. The van der Waals surface area contributed by atoms with E-state index in [1.165, 1.54) is 11.1 Å². The molecule has 2 amide bonds. The smallest absolute Gasteiger partial charge is 0.407 e. The molecule has 1 atom stereocenters. The lowest BCUT2D eigenvalue weighted by Gasteiger charge is -2.30. The number of rotatable bonds is 3. The summed E-state index contributed by atoms with van der Waals surface area (Å²) in [6.45, 7) is 8.15. The Labute approximate surface area is 191 Å². The van der Waals surface area contributed by atoms with Gasteiger partial charge in [-0.2, -0.15) is 5.10 Å². The fourth-order valence-corrected chi connectivity index (χ4v) is 4.67. The summed E-state index contributed by atoms with van der Waals surface area (Å²) in [6.07, 6.45) is 3.78. The van der Waals surface area contributed by atoms with Gasteiger partial charge in [0.25, 0.3) is 5.91 Å². The number of nitrogens with zero attached hydrogens (tertiary/aromatic N) is 3. The van der Waals surface area contributed by atoms with Gasteiger partial charge in [-0.15, -0.1) is 0 Å². The summed E-state index contributed by atoms with van der Waals surface area (Å²) in [5, 5.41) is 7.33. The number of carbonyl (C=O) groups excluding carboxylic acids is 2. The maximum Gasteiger partial charge on any atom is 0.407 e. The molecule has 3 heterocycles. The standard InChI is InChI=1S/C23H29BrN4O3/c1-23(2,3)31-22(30)25-12-15-6-9-28-20(10-15)19(13-26-28)21(29)27-8-7-16-11-18(24)5-4-17(16)14-27/h4-5,11,13,15H,6-10,12,14H2,1-3H3,(H,25,30). The van der Waals surface area contributed by atoms with E-state index >= 15 is 0 Å². The molecule has 2 aromatic rings. The van der Waals surface area contributed by atoms with Crippen molar-refractivity contribution in [1.82, 2.24) is 20.0 Å². The minimum atomic E-state index is -0.516. The molecule has 0 spiro atoms. The van der Waals surface area contributed by atoms with Crippen LogP contribution in [-0.2, 0) is 30.7 Å². The lowest BCUT2D eigenvalue weighted by Crippen LogP contribution is -2.38. The fraction of sp³-hybridized carbons (Fsp3) is 0.522. The summed E-state index contributed by atoms with van der Waals surface area (Å²) in [5.41, 5.74) is 3.63. The molecule has 1 unspecified atom stereocenters. The number of hydrogen-bond acceptors (Lipinski definition) is 4. The van der Waals surface area contributed by atoms with Crippen LogP contribution in [0.2, 0.25) is 0 Å². The summed E-state index contributed by atoms with van der Waals surface area (Å²) < 4.78 is 8.34. The van der Waals surface area contributed by atoms with Crippen LogP contribution < -0.4 is 5.32 Å². The van der Waals surface area contributed by atoms with Gasteiger partial charge >= 0.3 is 6.09 Å². The van der Waals surface area contributed by atoms with Gasteiger partial charge in [0.15, 0.2) is 0 Å². The molecule has 166 valence electrons. The summed E-state index contributed by atoms with van der Waals surface area (Å²) in [6, 6.07) is 6.25. The highest BCUT2D eigenvalue weighted by molar-refractivity contribution is 9.10. The van der Waals surface area contributed by atoms with Gasteiger partial charge in [-0.25, -0.2) is 4.79 Å². The molecule has 0 saturated heterocycles. The number of fused-ring (bicyclic) bond motifs is 2. The first-order valence-corrected chi connectivity index (χ1v) is 11.6. The van der Waals surface area contributed by atoms with Gasteiger partial charge in [0, 0.05) is 30.7 Å². The first kappa shape index (κ1) is 21.9. The highest BCUT2D eigenvalue weighted by Gasteiger charge is 2.29. The van der Waals surface area contributed by atoms with E-state index in [1.807, 2.05) is 36.4 Å². The molecule has 0 fully saturated rings. The maximum atomic E-state index is 13.3. The number of carbonyl (C=O) groups is 2. The van der Waals surface area contributed by atoms with Crippen LogP contribution >= 0.6 is 15.9 Å². The van der Waals surface area contributed by atoms with Crippen LogP contribution in [0.25, 0.3) is 0 Å². The van der Waals surface area contributed by atoms with Crippen molar-refractivity contribution in [2.24, 2.45) is 5.92 Å². The monoisotopic (exact) mass is 488 g/mol. The summed E-state index contributed by atoms with van der Waals surface area (Å²) in [5.74, 6) is 0.290. The Kier molecular flexibility index (Phi) is 6.10. The van der Waals surface area contributed by atoms with Crippen molar-refractivity contribution in [1.29, 1.82) is 0 Å². The molecule has 2 aliphatic rings. The number of aromatic nitrogens is 2. The van der Waals surface area contributed by atoms with Crippen molar-refractivity contribution in [3.05, 3.63) is 51.3 Å². The zero-order chi connectivity index (χ0) is 22.2. The molecule has 0 aliphatic carbocycles. The third kappa shape index (κ3) is 5.11. The van der Waals surface area contributed by atoms with E-state index in [0.29, 0.717) is 31.6 Å². The van der Waals surface area contributed by atoms with Gasteiger partial charge in [0.2, 0.25) is 0 Å². The molecule has 31 heavy (non-hydrogen) atoms. The van der Waals surface area contributed by atoms with Crippen molar-refractivity contribution >= 4 is 27.9 Å². The molecule has 1 N–H and O–H groups in total. The van der Waals surface area contributed by atoms with Gasteiger partial charge in [-0.3, -0.25) is 9.48 Å². The van der Waals surface area contributed by atoms with Crippen LogP contribution in [0.1, 0.15) is 54.4 Å². The number of benzene rings is 1. The first-order chi connectivity index (χ1) is 14.7. The summed E-state index contributed by atoms with van der Waals surface area (Å²) in [7, 11) is 0. The van der Waals surface area contributed by atoms with E-state index in [2.05, 4.69) is 38.5 Å². The molecule has 4 rings (SSSR count). The van der Waals surface area contributed by atoms with Crippen LogP contribution in [0.4, 0.5) is 4.79 Å². The Morgan fingerprint density at radius 1 is 1.26 bits per heavy atom. The Morgan fingerprint density at radius 3 is 2.84 bits per heavy atom. The fourth-order valence-electron chi connectivity index (χ4n) is 4.26. The number of aryl methyl sites for hydroxylation is 1. The van der Waals surface area contributed by atoms with Crippen LogP contribution in [0.3, 0.4) is 0 Å². The molecule has 0 saturated carbocycles. The number of amides is 2. The SMILES string of the molecule is CC(C)(C)OC(=O)NCC1CCn2ncc(C(=O)N3CCc4cc(Br)ccc4C3)c2C1. The largest absolute Gasteiger partial charge is 0.444 e. The van der Waals surface area contributed by atoms with Crippen molar-refractivity contribution in [3.8, 4) is 0 Å². The molecule has 1 aromatic heterocycles. The summed E-state index contributed by atoms with van der Waals surface area (Å²) >= 11 is 3.52. The molecule has 0 bridgehead atoms. The van der Waals surface area contributed by atoms with Crippen LogP contribution in [0, 0.1) is 5.92 Å². The number of alkyl carbamates (subject to hydrolysis) is 1. The van der Waals surface area contributed by atoms with E-state index in [4.69, 9.17) is 4.74 Å². The van der Waals surface area contributed by atoms with Crippen molar-refractivity contribution in [2.45, 2.75) is 58.7 Å². The Bertz CT molecular complexity index is 995. The van der Waals surface area contributed by atoms with Crippen molar-refractivity contribution < 1.29 is 14.3 Å². The Morgan fingerprint density at radius 2 is 2.06 bits per heavy atom. The van der Waals surface area contributed by atoms with E-state index in [1.54, 1.807) is 6.20 Å². The predicted octanol–water partition coefficient (Wildman–Crippen LogP) is 3.93. The molecular formula is C23H29BrN4O3. The van der Waals surface area contributed by atoms with Gasteiger partial charge in [-0.1, -0.05) is 22.0 Å². The average molecular weight is 489 g/mol. The topological polar surface area (TPSA) is 76.5 Å². The quantitative estimate of drug-likeness (QED) is 0.709. The second-order valence-electron chi connectivity index (χ2n) is 9.36. The normalized spacial score (nSPS) is 18.2. The lowest BCUT2D eigenvalue weighted by atomic mass is 9.93. The van der Waals surface area contributed by atoms with E-state index in [9.17, 15) is 9.59 Å². The van der Waals surface area contributed by atoms with Crippen molar-refractivity contribution in [3.63, 3.8) is 0 Å². The van der Waals surface area contributed by atoms with Gasteiger partial charge < -0.3 is 15.0 Å². The second kappa shape index (κ2) is 8.65. The highest BCUT2D eigenvalue weighted by atomic mass is 79.9. The lowest BCUT2D eigenvalue weighted by molar-refractivity contribution is 0.0515. The predicted molar refractivity (Wildman–Crippen MR) is 121 cm³/mol. The van der Waals surface area contributed by atoms with Crippen LogP contribution in [-0.4, -0.2) is 45.4 Å². The average Bonchev–Trinajstić information content (AvgIpc) is 3.13. The third-order valence-corrected chi connectivity index (χ3v) is 6.31. The van der Waals surface area contributed by atoms with Crippen LogP contribution in [0.15, 0.2) is 28.9 Å². The van der Waals surface area contributed by atoms with E-state index in [0.717, 1.165) is 29.6 Å². The zero-order valence-electron chi connectivity index (χ0n) is 18.3. The maximum absolute atomic E-state index is 13.3. The van der Waals surface area contributed by atoms with Gasteiger partial charge in [0.1, 0.15) is 5.60 Å². The second-order valence-corrected chi connectivity index (χ2v) is 10.3. The highest BCUT2D eigenvalue weighted by Crippen LogP contribution is 2.27. The molecule has 7 nitrogen and oxygen atoms in total. The minimum Gasteiger partial charge on any atom is -0.444 e. The van der Waals surface area contributed by atoms with Gasteiger partial charge in [0.05, 0.1) is 17.5 Å². The molecule has 0 radical (unpaired) electrons. The molecule has 2 aliphatic heterocycles. The number of halogens is 1. The molecule has 1 aromatic carbocycles. The van der Waals surface area contributed by atoms with Gasteiger partial charge in [-0.05, 0) is 69.2 Å². The number of hydrogen-bond donors (Lipinski definition) is 1. The zero-order valence-corrected chi connectivity index (χ0v) is 19.9. The third-order valence-electron chi connectivity index (χ3n) is 5.81. The van der Waals surface area contributed by atoms with Crippen molar-refractivity contribution in [2.75, 3.05) is 13.1 Å². The Balaban J connectivity index is 1.41. The van der Waals surface area contributed by atoms with E-state index < -0.39 is 11.7 Å². The van der Waals surface area contributed by atoms with E-state index in [-0.39, 0.29) is 11.8 Å². The number of ether oxygens (including phenoxy) is 1. The minimum absolute atomic E-state index is 0.0376. The first-order valence-electron chi connectivity index (χ1n) is 10.8. The number of nitrogens with one attached hydrogen (secondary N) is 1. The van der Waals surface area contributed by atoms with Crippen LogP contribution in [0.5, 0.6) is 0 Å². The summed E-state index contributed by atoms with van der Waals surface area (Å²) in [4.78, 5) is 27.2. The molecular weight excluding hydrogens is 460 g/mol.